The first-order valence-electron chi connectivity index (χ1n) is 3.54. The molecule has 0 fully saturated rings. The lowest BCUT2D eigenvalue weighted by atomic mass is 9.80. The molecule has 1 rings (SSSR count). The van der Waals surface area contributed by atoms with Gasteiger partial charge < -0.3 is 10.8 Å². The summed E-state index contributed by atoms with van der Waals surface area (Å²) in [6, 6.07) is 0. The van der Waals surface area contributed by atoms with Gasteiger partial charge in [-0.2, -0.15) is 0 Å². The fourth-order valence-electron chi connectivity index (χ4n) is 1.00. The summed E-state index contributed by atoms with van der Waals surface area (Å²) in [4.78, 5) is 0. The van der Waals surface area contributed by atoms with Gasteiger partial charge >= 0.3 is 0 Å². The van der Waals surface area contributed by atoms with Gasteiger partial charge in [0, 0.05) is 0 Å². The van der Waals surface area contributed by atoms with Crippen LogP contribution in [0.1, 0.15) is 13.8 Å². The first kappa shape index (κ1) is 8.46. The van der Waals surface area contributed by atoms with Crippen LogP contribution in [-0.4, -0.2) is 16.4 Å². The molecule has 0 aromatic rings. The molecule has 0 aromatic heterocycles. The van der Waals surface area contributed by atoms with Crippen molar-refractivity contribution in [3.8, 4) is 0 Å². The van der Waals surface area contributed by atoms with Crippen molar-refractivity contribution in [1.29, 1.82) is 0 Å². The Bertz CT molecular complexity index is 226. The normalized spacial score (nSPS) is 43.9. The maximum absolute atomic E-state index is 9.60. The molecule has 0 aromatic carbocycles. The number of aliphatic hydroxyl groups is 1. The van der Waals surface area contributed by atoms with Crippen LogP contribution in [-0.2, 0) is 0 Å². The summed E-state index contributed by atoms with van der Waals surface area (Å²) in [5.41, 5.74) is 9.95. The van der Waals surface area contributed by atoms with E-state index in [1.165, 1.54) is 6.08 Å². The quantitative estimate of drug-likeness (QED) is 0.425. The Morgan fingerprint density at radius 1 is 1.45 bits per heavy atom. The van der Waals surface area contributed by atoms with Crippen molar-refractivity contribution in [3.05, 3.63) is 23.8 Å². The lowest BCUT2D eigenvalue weighted by Crippen LogP contribution is -2.64. The van der Waals surface area contributed by atoms with Crippen LogP contribution in [0.5, 0.6) is 0 Å². The molecule has 1 aliphatic rings. The molecule has 62 valence electrons. The Balaban J connectivity index is 3.09. The van der Waals surface area contributed by atoms with Gasteiger partial charge in [0.15, 0.2) is 5.72 Å². The van der Waals surface area contributed by atoms with Gasteiger partial charge in [0.25, 0.3) is 0 Å². The highest BCUT2D eigenvalue weighted by molar-refractivity contribution is 5.34. The molecule has 1 aliphatic carbocycles. The van der Waals surface area contributed by atoms with Crippen molar-refractivity contribution < 1.29 is 5.11 Å². The van der Waals surface area contributed by atoms with Crippen molar-refractivity contribution in [3.63, 3.8) is 0 Å². The molecule has 0 saturated heterocycles. The summed E-state index contributed by atoms with van der Waals surface area (Å²) in [6.45, 7) is 3.56. The van der Waals surface area contributed by atoms with Crippen molar-refractivity contribution in [1.82, 2.24) is 0 Å². The largest absolute Gasteiger partial charge is 0.370 e. The minimum absolute atomic E-state index is 0.859. The van der Waals surface area contributed by atoms with Crippen LogP contribution in [0.3, 0.4) is 0 Å². The number of hydrogen-bond donors (Lipinski definition) is 3. The number of nitrogens with two attached hydrogens (primary N) is 2. The molecular weight excluding hydrogens is 140 g/mol. The second-order valence-electron chi connectivity index (χ2n) is 3.24. The van der Waals surface area contributed by atoms with Crippen molar-refractivity contribution in [2.75, 3.05) is 0 Å². The molecule has 0 spiro atoms. The van der Waals surface area contributed by atoms with Gasteiger partial charge in [-0.25, -0.2) is 0 Å². The SMILES string of the molecule is CC1=CC=CC(N)(O)C1(C)N. The van der Waals surface area contributed by atoms with Crippen LogP contribution >= 0.6 is 0 Å². The number of allylic oxidation sites excluding steroid dienone is 2. The van der Waals surface area contributed by atoms with E-state index >= 15 is 0 Å². The van der Waals surface area contributed by atoms with E-state index < -0.39 is 11.3 Å². The van der Waals surface area contributed by atoms with E-state index in [-0.39, 0.29) is 0 Å². The zero-order valence-electron chi connectivity index (χ0n) is 6.83. The van der Waals surface area contributed by atoms with Gasteiger partial charge in [0.2, 0.25) is 0 Å². The molecule has 3 heteroatoms. The van der Waals surface area contributed by atoms with Crippen molar-refractivity contribution in [2.45, 2.75) is 25.1 Å². The number of rotatable bonds is 0. The van der Waals surface area contributed by atoms with E-state index in [0.29, 0.717) is 0 Å². The third-order valence-corrected chi connectivity index (χ3v) is 2.35. The third kappa shape index (κ3) is 1.11. The number of hydrogen-bond acceptors (Lipinski definition) is 3. The zero-order valence-corrected chi connectivity index (χ0v) is 6.83. The van der Waals surface area contributed by atoms with Gasteiger partial charge in [-0.1, -0.05) is 12.2 Å². The van der Waals surface area contributed by atoms with Crippen LogP contribution in [0.4, 0.5) is 0 Å². The summed E-state index contributed by atoms with van der Waals surface area (Å²) in [5, 5.41) is 9.60. The summed E-state index contributed by atoms with van der Waals surface area (Å²) in [6.07, 6.45) is 5.06. The van der Waals surface area contributed by atoms with Gasteiger partial charge in [-0.15, -0.1) is 0 Å². The molecule has 2 atom stereocenters. The predicted octanol–water partition coefficient (Wildman–Crippen LogP) is -0.133. The summed E-state index contributed by atoms with van der Waals surface area (Å²) in [7, 11) is 0. The van der Waals surface area contributed by atoms with Crippen molar-refractivity contribution >= 4 is 0 Å². The van der Waals surface area contributed by atoms with Gasteiger partial charge in [0.1, 0.15) is 0 Å². The second-order valence-corrected chi connectivity index (χ2v) is 3.24. The molecule has 0 saturated carbocycles. The lowest BCUT2D eigenvalue weighted by Gasteiger charge is -2.39. The lowest BCUT2D eigenvalue weighted by molar-refractivity contribution is 0.0374. The van der Waals surface area contributed by atoms with E-state index in [1.807, 2.05) is 13.0 Å². The van der Waals surface area contributed by atoms with Gasteiger partial charge in [-0.3, -0.25) is 5.73 Å². The Labute approximate surface area is 66.4 Å². The minimum atomic E-state index is -1.42. The standard InChI is InChI=1S/C8H14N2O/c1-6-4-3-5-8(10,11)7(6,2)9/h3-5,11H,9-10H2,1-2H3. The van der Waals surface area contributed by atoms with Crippen LogP contribution < -0.4 is 11.5 Å². The summed E-state index contributed by atoms with van der Waals surface area (Å²) < 4.78 is 0. The van der Waals surface area contributed by atoms with E-state index in [4.69, 9.17) is 11.5 Å². The first-order chi connectivity index (χ1) is 4.88. The van der Waals surface area contributed by atoms with Crippen LogP contribution in [0, 0.1) is 0 Å². The maximum Gasteiger partial charge on any atom is 0.154 e. The van der Waals surface area contributed by atoms with Crippen molar-refractivity contribution in [2.24, 2.45) is 11.5 Å². The van der Waals surface area contributed by atoms with Crippen LogP contribution in [0.2, 0.25) is 0 Å². The highest BCUT2D eigenvalue weighted by Crippen LogP contribution is 2.27. The monoisotopic (exact) mass is 154 g/mol. The Kier molecular flexibility index (Phi) is 1.67. The molecule has 0 aliphatic heterocycles. The Morgan fingerprint density at radius 2 is 2.00 bits per heavy atom. The molecule has 0 amide bonds. The zero-order chi connectivity index (χ0) is 8.70. The smallest absolute Gasteiger partial charge is 0.154 e. The van der Waals surface area contributed by atoms with E-state index in [9.17, 15) is 5.11 Å². The molecule has 2 unspecified atom stereocenters. The van der Waals surface area contributed by atoms with Gasteiger partial charge in [0.05, 0.1) is 5.54 Å². The minimum Gasteiger partial charge on any atom is -0.370 e. The van der Waals surface area contributed by atoms with Crippen LogP contribution in [0.25, 0.3) is 0 Å². The first-order valence-corrected chi connectivity index (χ1v) is 3.54. The second kappa shape index (κ2) is 2.17. The average molecular weight is 154 g/mol. The highest BCUT2D eigenvalue weighted by Gasteiger charge is 2.41. The van der Waals surface area contributed by atoms with E-state index in [0.717, 1.165) is 5.57 Å². The summed E-state index contributed by atoms with van der Waals surface area (Å²) in [5.74, 6) is 0. The fourth-order valence-corrected chi connectivity index (χ4v) is 1.00. The summed E-state index contributed by atoms with van der Waals surface area (Å²) >= 11 is 0. The maximum atomic E-state index is 9.60. The molecular formula is C8H14N2O. The van der Waals surface area contributed by atoms with E-state index in [1.54, 1.807) is 13.0 Å². The predicted molar refractivity (Wildman–Crippen MR) is 44.6 cm³/mol. The third-order valence-electron chi connectivity index (χ3n) is 2.35. The average Bonchev–Trinajstić information content (AvgIpc) is 1.84. The Hall–Kier alpha value is -0.640. The molecule has 5 N–H and O–H groups in total. The molecule has 11 heavy (non-hydrogen) atoms. The molecule has 0 heterocycles. The van der Waals surface area contributed by atoms with E-state index in [2.05, 4.69) is 0 Å². The van der Waals surface area contributed by atoms with Gasteiger partial charge in [-0.05, 0) is 25.5 Å². The topological polar surface area (TPSA) is 72.3 Å². The highest BCUT2D eigenvalue weighted by atomic mass is 16.3. The molecule has 0 radical (unpaired) electrons. The Morgan fingerprint density at radius 3 is 2.36 bits per heavy atom. The molecule has 3 nitrogen and oxygen atoms in total. The van der Waals surface area contributed by atoms with Crippen LogP contribution in [0.15, 0.2) is 23.8 Å². The molecule has 0 bridgehead atoms. The fraction of sp³-hybridized carbons (Fsp3) is 0.500.